The molecule has 5 aliphatic rings. The Balaban J connectivity index is 1.12. The van der Waals surface area contributed by atoms with Crippen LogP contribution in [-0.2, 0) is 0 Å². The van der Waals surface area contributed by atoms with Gasteiger partial charge in [0.05, 0.1) is 0 Å². The largest absolute Gasteiger partial charge is 0.333 e. The van der Waals surface area contributed by atoms with Crippen molar-refractivity contribution in [1.29, 1.82) is 0 Å². The number of amides is 3. The zero-order valence-electron chi connectivity index (χ0n) is 17.2. The molecule has 5 fully saturated rings. The monoisotopic (exact) mass is 427 g/mol. The Bertz CT molecular complexity index is 800. The van der Waals surface area contributed by atoms with E-state index in [4.69, 9.17) is 0 Å². The fourth-order valence-corrected chi connectivity index (χ4v) is 7.16. The molecular formula is C23H29N3O3S. The number of urea groups is 1. The van der Waals surface area contributed by atoms with E-state index in [1.165, 1.54) is 19.3 Å². The first-order chi connectivity index (χ1) is 14.5. The van der Waals surface area contributed by atoms with Gasteiger partial charge in [-0.15, -0.1) is 0 Å². The summed E-state index contributed by atoms with van der Waals surface area (Å²) in [5.41, 5.74) is 0.543. The Morgan fingerprint density at radius 1 is 0.833 bits per heavy atom. The van der Waals surface area contributed by atoms with Crippen LogP contribution in [0.25, 0.3) is 0 Å². The summed E-state index contributed by atoms with van der Waals surface area (Å²) < 4.78 is 0. The van der Waals surface area contributed by atoms with Gasteiger partial charge in [-0.05, 0) is 56.3 Å². The molecule has 1 heterocycles. The lowest BCUT2D eigenvalue weighted by molar-refractivity contribution is -0.0162. The molecule has 160 valence electrons. The Kier molecular flexibility index (Phi) is 5.25. The van der Waals surface area contributed by atoms with E-state index in [1.54, 1.807) is 29.2 Å². The van der Waals surface area contributed by atoms with Crippen molar-refractivity contribution in [3.63, 3.8) is 0 Å². The maximum absolute atomic E-state index is 13.0. The van der Waals surface area contributed by atoms with Crippen LogP contribution in [0.2, 0.25) is 0 Å². The molecule has 6 nitrogen and oxygen atoms in total. The molecule has 0 radical (unpaired) electrons. The summed E-state index contributed by atoms with van der Waals surface area (Å²) in [7, 11) is 0. The number of rotatable bonds is 2. The molecule has 4 bridgehead atoms. The third-order valence-electron chi connectivity index (χ3n) is 7.42. The Labute approximate surface area is 181 Å². The van der Waals surface area contributed by atoms with Crippen LogP contribution in [0.1, 0.15) is 48.9 Å². The summed E-state index contributed by atoms with van der Waals surface area (Å²) in [5.74, 6) is 2.39. The highest BCUT2D eigenvalue weighted by Crippen LogP contribution is 2.55. The molecule has 6 rings (SSSR count). The van der Waals surface area contributed by atoms with E-state index in [0.717, 1.165) is 48.8 Å². The Morgan fingerprint density at radius 2 is 1.37 bits per heavy atom. The summed E-state index contributed by atoms with van der Waals surface area (Å²) in [5, 5.41) is 2.95. The number of nitrogens with zero attached hydrogens (tertiary/aromatic N) is 2. The van der Waals surface area contributed by atoms with Gasteiger partial charge in [-0.1, -0.05) is 30.3 Å². The summed E-state index contributed by atoms with van der Waals surface area (Å²) in [6, 6.07) is 8.89. The lowest BCUT2D eigenvalue weighted by Gasteiger charge is -2.57. The number of hydrogen-bond donors (Lipinski definition) is 1. The molecule has 0 atom stereocenters. The molecule has 1 saturated heterocycles. The highest BCUT2D eigenvalue weighted by atomic mass is 32.2. The summed E-state index contributed by atoms with van der Waals surface area (Å²) in [6.07, 6.45) is 7.49. The highest BCUT2D eigenvalue weighted by molar-refractivity contribution is 8.26. The van der Waals surface area contributed by atoms with Crippen molar-refractivity contribution in [3.05, 3.63) is 35.9 Å². The van der Waals surface area contributed by atoms with Crippen molar-refractivity contribution in [2.75, 3.05) is 26.2 Å². The van der Waals surface area contributed by atoms with Crippen LogP contribution >= 0.6 is 11.8 Å². The second kappa shape index (κ2) is 7.91. The van der Waals surface area contributed by atoms with Crippen LogP contribution < -0.4 is 5.32 Å². The first-order valence-corrected chi connectivity index (χ1v) is 11.9. The zero-order chi connectivity index (χ0) is 20.7. The first kappa shape index (κ1) is 19.9. The van der Waals surface area contributed by atoms with E-state index in [0.29, 0.717) is 31.7 Å². The molecule has 30 heavy (non-hydrogen) atoms. The zero-order valence-corrected chi connectivity index (χ0v) is 18.0. The molecule has 7 heteroatoms. The topological polar surface area (TPSA) is 69.7 Å². The molecule has 0 aromatic heterocycles. The van der Waals surface area contributed by atoms with Crippen molar-refractivity contribution in [3.8, 4) is 0 Å². The van der Waals surface area contributed by atoms with Gasteiger partial charge in [-0.25, -0.2) is 4.79 Å². The SMILES string of the molecule is O=C(SC(=O)N1CCN(C(=O)NC23CC4CC(CC(C4)C2)C3)CC1)c1ccccc1. The van der Waals surface area contributed by atoms with Crippen LogP contribution in [0, 0.1) is 17.8 Å². The molecule has 1 aromatic carbocycles. The van der Waals surface area contributed by atoms with E-state index in [9.17, 15) is 14.4 Å². The second-order valence-electron chi connectivity index (χ2n) is 9.62. The van der Waals surface area contributed by atoms with Gasteiger partial charge >= 0.3 is 6.03 Å². The molecular weight excluding hydrogens is 398 g/mol. The molecule has 1 aliphatic heterocycles. The third-order valence-corrected chi connectivity index (χ3v) is 8.28. The number of benzene rings is 1. The average Bonchev–Trinajstić information content (AvgIpc) is 2.73. The van der Waals surface area contributed by atoms with Gasteiger partial charge in [-0.2, -0.15) is 0 Å². The lowest BCUT2D eigenvalue weighted by atomic mass is 9.53. The number of piperazine rings is 1. The fraction of sp³-hybridized carbons (Fsp3) is 0.609. The molecule has 1 N–H and O–H groups in total. The van der Waals surface area contributed by atoms with E-state index in [2.05, 4.69) is 5.32 Å². The van der Waals surface area contributed by atoms with Gasteiger partial charge in [0.1, 0.15) is 0 Å². The number of nitrogens with one attached hydrogen (secondary N) is 1. The fourth-order valence-electron chi connectivity index (χ4n) is 6.44. The molecule has 4 aliphatic carbocycles. The molecule has 1 aromatic rings. The second-order valence-corrected chi connectivity index (χ2v) is 10.5. The normalized spacial score (nSPS) is 32.2. The van der Waals surface area contributed by atoms with Gasteiger partial charge in [0.15, 0.2) is 0 Å². The van der Waals surface area contributed by atoms with Crippen LogP contribution in [0.3, 0.4) is 0 Å². The number of carbonyl (C=O) groups is 3. The highest BCUT2D eigenvalue weighted by Gasteiger charge is 2.51. The molecule has 0 spiro atoms. The summed E-state index contributed by atoms with van der Waals surface area (Å²) >= 11 is 0.742. The predicted molar refractivity (Wildman–Crippen MR) is 116 cm³/mol. The van der Waals surface area contributed by atoms with Gasteiger partial charge in [0, 0.05) is 49.0 Å². The summed E-state index contributed by atoms with van der Waals surface area (Å²) in [6.45, 7) is 1.98. The smallest absolute Gasteiger partial charge is 0.317 e. The standard InChI is InChI=1S/C23H29N3O3S/c27-20(19-4-2-1-3-5-19)30-22(29)26-8-6-25(7-9-26)21(28)24-23-13-16-10-17(14-23)12-18(11-16)15-23/h1-5,16-18H,6-15H2,(H,24,28). The average molecular weight is 428 g/mol. The third kappa shape index (κ3) is 3.96. The maximum atomic E-state index is 13.0. The summed E-state index contributed by atoms with van der Waals surface area (Å²) in [4.78, 5) is 41.3. The lowest BCUT2D eigenvalue weighted by Crippen LogP contribution is -2.63. The Morgan fingerprint density at radius 3 is 1.93 bits per heavy atom. The van der Waals surface area contributed by atoms with Crippen LogP contribution in [0.5, 0.6) is 0 Å². The van der Waals surface area contributed by atoms with Gasteiger partial charge < -0.3 is 15.1 Å². The first-order valence-electron chi connectivity index (χ1n) is 11.1. The molecule has 3 amide bonds. The van der Waals surface area contributed by atoms with Crippen molar-refractivity contribution in [2.45, 2.75) is 44.1 Å². The number of thioether (sulfide) groups is 1. The van der Waals surface area contributed by atoms with E-state index in [1.807, 2.05) is 11.0 Å². The quantitative estimate of drug-likeness (QED) is 0.775. The van der Waals surface area contributed by atoms with Crippen molar-refractivity contribution >= 4 is 28.1 Å². The minimum Gasteiger partial charge on any atom is -0.333 e. The molecule has 4 saturated carbocycles. The number of hydrogen-bond acceptors (Lipinski definition) is 4. The van der Waals surface area contributed by atoms with Gasteiger partial charge in [0.25, 0.3) is 5.24 Å². The van der Waals surface area contributed by atoms with Gasteiger partial charge in [-0.3, -0.25) is 9.59 Å². The molecule has 0 unspecified atom stereocenters. The minimum atomic E-state index is -0.234. The van der Waals surface area contributed by atoms with E-state index in [-0.39, 0.29) is 21.9 Å². The van der Waals surface area contributed by atoms with E-state index >= 15 is 0 Å². The van der Waals surface area contributed by atoms with Crippen LogP contribution in [0.15, 0.2) is 30.3 Å². The van der Waals surface area contributed by atoms with Gasteiger partial charge in [0.2, 0.25) is 5.12 Å². The Hall–Kier alpha value is -2.02. The van der Waals surface area contributed by atoms with Crippen molar-refractivity contribution in [2.24, 2.45) is 17.8 Å². The van der Waals surface area contributed by atoms with Crippen LogP contribution in [-0.4, -0.2) is 57.9 Å². The minimum absolute atomic E-state index is 0.0107. The van der Waals surface area contributed by atoms with Crippen molar-refractivity contribution < 1.29 is 14.4 Å². The maximum Gasteiger partial charge on any atom is 0.317 e. The van der Waals surface area contributed by atoms with Crippen LogP contribution in [0.4, 0.5) is 9.59 Å². The number of carbonyl (C=O) groups excluding carboxylic acids is 3. The predicted octanol–water partition coefficient (Wildman–Crippen LogP) is 3.98. The van der Waals surface area contributed by atoms with E-state index < -0.39 is 0 Å². The van der Waals surface area contributed by atoms with Crippen molar-refractivity contribution in [1.82, 2.24) is 15.1 Å².